The highest BCUT2D eigenvalue weighted by molar-refractivity contribution is 5.85. The highest BCUT2D eigenvalue weighted by Crippen LogP contribution is 2.54. The molecular formula is C28H34N4. The van der Waals surface area contributed by atoms with E-state index in [1.165, 1.54) is 16.9 Å². The molecule has 3 aromatic rings. The minimum absolute atomic E-state index is 0.185. The highest BCUT2D eigenvalue weighted by Gasteiger charge is 2.46. The van der Waals surface area contributed by atoms with Gasteiger partial charge in [0.15, 0.2) is 11.6 Å². The van der Waals surface area contributed by atoms with Crippen molar-refractivity contribution in [2.45, 2.75) is 77.8 Å². The van der Waals surface area contributed by atoms with Crippen LogP contribution in [-0.4, -0.2) is 16.1 Å². The van der Waals surface area contributed by atoms with Gasteiger partial charge < -0.3 is 9.80 Å². The van der Waals surface area contributed by atoms with Gasteiger partial charge in [0, 0.05) is 11.4 Å². The van der Waals surface area contributed by atoms with Gasteiger partial charge in [-0.2, -0.15) is 0 Å². The van der Waals surface area contributed by atoms with Crippen molar-refractivity contribution in [1.29, 1.82) is 0 Å². The number of anilines is 4. The summed E-state index contributed by atoms with van der Waals surface area (Å²) in [5.41, 5.74) is 6.41. The largest absolute Gasteiger partial charge is 0.302 e. The van der Waals surface area contributed by atoms with E-state index in [1.54, 1.807) is 0 Å². The number of hydrogen-bond donors (Lipinski definition) is 0. The zero-order chi connectivity index (χ0) is 22.3. The van der Waals surface area contributed by atoms with Crippen LogP contribution in [0.4, 0.5) is 23.0 Å². The predicted octanol–water partition coefficient (Wildman–Crippen LogP) is 7.07. The zero-order valence-corrected chi connectivity index (χ0v) is 19.8. The van der Waals surface area contributed by atoms with Crippen LogP contribution in [0.15, 0.2) is 54.6 Å². The molecule has 0 saturated heterocycles. The first-order valence-corrected chi connectivity index (χ1v) is 12.3. The lowest BCUT2D eigenvalue weighted by Crippen LogP contribution is -2.38. The van der Waals surface area contributed by atoms with Crippen LogP contribution in [0.3, 0.4) is 0 Å². The Morgan fingerprint density at radius 1 is 0.781 bits per heavy atom. The summed E-state index contributed by atoms with van der Waals surface area (Å²) in [6.45, 7) is 9.07. The summed E-state index contributed by atoms with van der Waals surface area (Å²) in [6, 6.07) is 19.8. The molecule has 0 amide bonds. The quantitative estimate of drug-likeness (QED) is 0.437. The average molecular weight is 427 g/mol. The van der Waals surface area contributed by atoms with Crippen molar-refractivity contribution in [3.8, 4) is 0 Å². The molecule has 0 radical (unpaired) electrons. The fourth-order valence-electron chi connectivity index (χ4n) is 5.84. The van der Waals surface area contributed by atoms with Gasteiger partial charge in [-0.15, -0.1) is 0 Å². The third kappa shape index (κ3) is 3.03. The van der Waals surface area contributed by atoms with Crippen molar-refractivity contribution in [2.75, 3.05) is 9.80 Å². The lowest BCUT2D eigenvalue weighted by molar-refractivity contribution is 0.354. The molecule has 0 saturated carbocycles. The Labute approximate surface area is 192 Å². The molecule has 1 aromatic heterocycles. The summed E-state index contributed by atoms with van der Waals surface area (Å²) in [6.07, 6.45) is 6.54. The Kier molecular flexibility index (Phi) is 5.40. The monoisotopic (exact) mass is 426 g/mol. The van der Waals surface area contributed by atoms with Gasteiger partial charge in [-0.05, 0) is 67.7 Å². The third-order valence-electron chi connectivity index (χ3n) is 7.74. The molecule has 1 unspecified atom stereocenters. The lowest BCUT2D eigenvalue weighted by atomic mass is 9.72. The SMILES string of the molecule is CCc1nc2c(nc1CC)N1c3ccccc3C(CC)(CC)CCC1N2c1ccccc1. The molecule has 0 fully saturated rings. The maximum atomic E-state index is 5.26. The molecule has 0 spiro atoms. The van der Waals surface area contributed by atoms with E-state index >= 15 is 0 Å². The van der Waals surface area contributed by atoms with Crippen molar-refractivity contribution in [3.63, 3.8) is 0 Å². The first-order chi connectivity index (χ1) is 15.7. The first-order valence-electron chi connectivity index (χ1n) is 12.3. The molecule has 4 heteroatoms. The standard InChI is InChI=1S/C28H34N4/c1-5-22-23(6-2)30-27-26(29-22)31(20-14-10-9-11-15-20)25-18-19-28(7-3,8-4)21-16-12-13-17-24(21)32(25)27/h9-17,25H,5-8,18-19H2,1-4H3. The van der Waals surface area contributed by atoms with Crippen LogP contribution >= 0.6 is 0 Å². The summed E-state index contributed by atoms with van der Waals surface area (Å²) in [7, 11) is 0. The second-order valence-corrected chi connectivity index (χ2v) is 9.07. The van der Waals surface area contributed by atoms with Gasteiger partial charge in [-0.1, -0.05) is 64.1 Å². The minimum Gasteiger partial charge on any atom is -0.302 e. The second kappa shape index (κ2) is 8.23. The number of benzene rings is 2. The fourth-order valence-corrected chi connectivity index (χ4v) is 5.84. The van der Waals surface area contributed by atoms with Crippen LogP contribution < -0.4 is 9.80 Å². The van der Waals surface area contributed by atoms with E-state index in [-0.39, 0.29) is 11.6 Å². The van der Waals surface area contributed by atoms with Gasteiger partial charge in [0.2, 0.25) is 0 Å². The summed E-state index contributed by atoms with van der Waals surface area (Å²) < 4.78 is 0. The fraction of sp³-hybridized carbons (Fsp3) is 0.429. The molecule has 0 aliphatic carbocycles. The number of nitrogens with zero attached hydrogens (tertiary/aromatic N) is 4. The topological polar surface area (TPSA) is 32.3 Å². The highest BCUT2D eigenvalue weighted by atomic mass is 15.5. The molecule has 3 heterocycles. The van der Waals surface area contributed by atoms with Crippen LogP contribution in [0.5, 0.6) is 0 Å². The van der Waals surface area contributed by atoms with E-state index in [0.717, 1.165) is 61.5 Å². The number of aryl methyl sites for hydroxylation is 2. The van der Waals surface area contributed by atoms with Crippen molar-refractivity contribution >= 4 is 23.0 Å². The Balaban J connectivity index is 1.79. The van der Waals surface area contributed by atoms with Crippen LogP contribution in [0.2, 0.25) is 0 Å². The van der Waals surface area contributed by atoms with Crippen LogP contribution in [0.1, 0.15) is 70.3 Å². The molecule has 5 rings (SSSR count). The van der Waals surface area contributed by atoms with Crippen LogP contribution in [0.25, 0.3) is 0 Å². The first kappa shape index (κ1) is 21.0. The molecule has 166 valence electrons. The zero-order valence-electron chi connectivity index (χ0n) is 19.8. The summed E-state index contributed by atoms with van der Waals surface area (Å²) in [4.78, 5) is 15.4. The van der Waals surface area contributed by atoms with E-state index < -0.39 is 0 Å². The van der Waals surface area contributed by atoms with Crippen molar-refractivity contribution in [1.82, 2.24) is 9.97 Å². The van der Waals surface area contributed by atoms with Crippen molar-refractivity contribution in [3.05, 3.63) is 71.5 Å². The Morgan fingerprint density at radius 3 is 2.00 bits per heavy atom. The molecule has 4 nitrogen and oxygen atoms in total. The van der Waals surface area contributed by atoms with Gasteiger partial charge in [-0.25, -0.2) is 9.97 Å². The number of rotatable bonds is 5. The van der Waals surface area contributed by atoms with E-state index in [0.29, 0.717) is 0 Å². The number of hydrogen-bond acceptors (Lipinski definition) is 4. The van der Waals surface area contributed by atoms with E-state index in [4.69, 9.17) is 9.97 Å². The summed E-state index contributed by atoms with van der Waals surface area (Å²) in [5, 5.41) is 0. The lowest BCUT2D eigenvalue weighted by Gasteiger charge is -2.33. The molecule has 32 heavy (non-hydrogen) atoms. The molecular weight excluding hydrogens is 392 g/mol. The molecule has 2 aliphatic heterocycles. The van der Waals surface area contributed by atoms with Crippen LogP contribution in [-0.2, 0) is 18.3 Å². The summed E-state index contributed by atoms with van der Waals surface area (Å²) >= 11 is 0. The normalized spacial score (nSPS) is 18.7. The third-order valence-corrected chi connectivity index (χ3v) is 7.74. The maximum absolute atomic E-state index is 5.26. The van der Waals surface area contributed by atoms with E-state index in [9.17, 15) is 0 Å². The molecule has 0 bridgehead atoms. The number of para-hydroxylation sites is 2. The average Bonchev–Trinajstić information content (AvgIpc) is 3.09. The minimum atomic E-state index is 0.185. The Morgan fingerprint density at radius 2 is 1.38 bits per heavy atom. The second-order valence-electron chi connectivity index (χ2n) is 9.07. The summed E-state index contributed by atoms with van der Waals surface area (Å²) in [5.74, 6) is 2.02. The van der Waals surface area contributed by atoms with E-state index in [1.807, 2.05) is 0 Å². The maximum Gasteiger partial charge on any atom is 0.178 e. The van der Waals surface area contributed by atoms with Gasteiger partial charge in [0.05, 0.1) is 11.4 Å². The molecule has 2 aromatic carbocycles. The smallest absolute Gasteiger partial charge is 0.178 e. The van der Waals surface area contributed by atoms with Crippen molar-refractivity contribution in [2.24, 2.45) is 0 Å². The van der Waals surface area contributed by atoms with Gasteiger partial charge in [0.25, 0.3) is 0 Å². The number of fused-ring (bicyclic) bond motifs is 5. The van der Waals surface area contributed by atoms with Gasteiger partial charge in [0.1, 0.15) is 6.17 Å². The van der Waals surface area contributed by atoms with E-state index in [2.05, 4.69) is 92.1 Å². The predicted molar refractivity (Wildman–Crippen MR) is 133 cm³/mol. The Hall–Kier alpha value is -2.88. The van der Waals surface area contributed by atoms with Crippen molar-refractivity contribution < 1.29 is 0 Å². The number of aromatic nitrogens is 2. The van der Waals surface area contributed by atoms with Gasteiger partial charge >= 0.3 is 0 Å². The Bertz CT molecular complexity index is 1100. The van der Waals surface area contributed by atoms with Gasteiger partial charge in [-0.3, -0.25) is 0 Å². The van der Waals surface area contributed by atoms with Crippen LogP contribution in [0, 0.1) is 0 Å². The molecule has 2 aliphatic rings. The molecule has 1 atom stereocenters. The molecule has 0 N–H and O–H groups in total.